The van der Waals surface area contributed by atoms with Gasteiger partial charge in [-0.15, -0.1) is 0 Å². The Hall–Kier alpha value is -0.490. The van der Waals surface area contributed by atoms with Gasteiger partial charge in [-0.1, -0.05) is 6.07 Å². The van der Waals surface area contributed by atoms with E-state index in [0.29, 0.717) is 17.7 Å². The summed E-state index contributed by atoms with van der Waals surface area (Å²) in [7, 11) is 0. The summed E-state index contributed by atoms with van der Waals surface area (Å²) < 4.78 is 25.1. The molecular weight excluding hydrogens is 313 g/mol. The first-order valence-electron chi connectivity index (χ1n) is 6.36. The fraction of sp³-hybridized carbons (Fsp3) is 0.571. The van der Waals surface area contributed by atoms with Crippen molar-refractivity contribution < 1.29 is 13.9 Å². The number of hydrogen-bond donors (Lipinski definition) is 1. The van der Waals surface area contributed by atoms with Crippen molar-refractivity contribution in [2.24, 2.45) is 0 Å². The van der Waals surface area contributed by atoms with Crippen LogP contribution < -0.4 is 5.32 Å². The maximum atomic E-state index is 13.1. The predicted octanol–water partition coefficient (Wildman–Crippen LogP) is 2.87. The smallest absolute Gasteiger partial charge is 0.137 e. The van der Waals surface area contributed by atoms with Crippen molar-refractivity contribution in [3.05, 3.63) is 34.1 Å². The summed E-state index contributed by atoms with van der Waals surface area (Å²) in [5.41, 5.74) is 0.793. The van der Waals surface area contributed by atoms with Gasteiger partial charge < -0.3 is 14.8 Å². The van der Waals surface area contributed by atoms with E-state index in [9.17, 15) is 4.39 Å². The summed E-state index contributed by atoms with van der Waals surface area (Å²) in [4.78, 5) is 0. The first-order chi connectivity index (χ1) is 8.96. The largest absolute Gasteiger partial charge is 0.374 e. The minimum atomic E-state index is -0.259. The molecule has 0 aromatic heterocycles. The molecule has 1 aliphatic heterocycles. The number of ether oxygens (including phenoxy) is 2. The molecule has 1 N–H and O–H groups in total. The second-order valence-electron chi connectivity index (χ2n) is 5.39. The molecule has 1 aromatic carbocycles. The van der Waals surface area contributed by atoms with E-state index in [2.05, 4.69) is 35.1 Å². The summed E-state index contributed by atoms with van der Waals surface area (Å²) in [5, 5.41) is 3.33. The van der Waals surface area contributed by atoms with Gasteiger partial charge in [-0.3, -0.25) is 0 Å². The number of benzene rings is 1. The summed E-state index contributed by atoms with van der Waals surface area (Å²) in [6.45, 7) is 6.77. The topological polar surface area (TPSA) is 30.5 Å². The maximum absolute atomic E-state index is 13.1. The Balaban J connectivity index is 1.78. The van der Waals surface area contributed by atoms with Gasteiger partial charge in [-0.25, -0.2) is 4.39 Å². The minimum Gasteiger partial charge on any atom is -0.374 e. The molecule has 1 aliphatic rings. The summed E-state index contributed by atoms with van der Waals surface area (Å²) in [5.74, 6) is -0.259. The number of hydrogen-bond acceptors (Lipinski definition) is 3. The van der Waals surface area contributed by atoms with Crippen LogP contribution >= 0.6 is 15.9 Å². The Kier molecular flexibility index (Phi) is 4.95. The third-order valence-electron chi connectivity index (χ3n) is 2.96. The second kappa shape index (κ2) is 6.31. The highest BCUT2D eigenvalue weighted by atomic mass is 79.9. The van der Waals surface area contributed by atoms with Crippen LogP contribution in [0.3, 0.4) is 0 Å². The molecule has 1 atom stereocenters. The fourth-order valence-electron chi connectivity index (χ4n) is 2.10. The molecule has 5 heteroatoms. The maximum Gasteiger partial charge on any atom is 0.137 e. The number of halogens is 2. The van der Waals surface area contributed by atoms with Crippen LogP contribution in [0, 0.1) is 5.82 Å². The molecule has 0 saturated carbocycles. The quantitative estimate of drug-likeness (QED) is 0.920. The van der Waals surface area contributed by atoms with Gasteiger partial charge in [0, 0.05) is 13.1 Å². The van der Waals surface area contributed by atoms with Crippen molar-refractivity contribution in [2.75, 3.05) is 19.7 Å². The lowest BCUT2D eigenvalue weighted by molar-refractivity contribution is -0.122. The van der Waals surface area contributed by atoms with E-state index < -0.39 is 0 Å². The van der Waals surface area contributed by atoms with Crippen molar-refractivity contribution in [2.45, 2.75) is 32.2 Å². The van der Waals surface area contributed by atoms with Crippen LogP contribution in [-0.2, 0) is 16.1 Å². The highest BCUT2D eigenvalue weighted by molar-refractivity contribution is 9.10. The van der Waals surface area contributed by atoms with E-state index in [1.165, 1.54) is 6.07 Å². The van der Waals surface area contributed by atoms with Crippen LogP contribution in [0.25, 0.3) is 0 Å². The van der Waals surface area contributed by atoms with Gasteiger partial charge in [0.15, 0.2) is 0 Å². The normalized spacial score (nSPS) is 22.4. The number of rotatable bonds is 4. The van der Waals surface area contributed by atoms with Crippen molar-refractivity contribution in [3.8, 4) is 0 Å². The van der Waals surface area contributed by atoms with Gasteiger partial charge in [0.1, 0.15) is 5.82 Å². The molecule has 0 bridgehead atoms. The van der Waals surface area contributed by atoms with Gasteiger partial charge >= 0.3 is 0 Å². The second-order valence-corrected chi connectivity index (χ2v) is 6.25. The van der Waals surface area contributed by atoms with E-state index >= 15 is 0 Å². The molecule has 0 radical (unpaired) electrons. The molecule has 0 spiro atoms. The molecule has 1 aromatic rings. The Morgan fingerprint density at radius 2 is 2.32 bits per heavy atom. The Morgan fingerprint density at radius 1 is 1.53 bits per heavy atom. The van der Waals surface area contributed by atoms with Crippen molar-refractivity contribution in [1.82, 2.24) is 5.32 Å². The molecule has 2 rings (SSSR count). The fourth-order valence-corrected chi connectivity index (χ4v) is 2.53. The van der Waals surface area contributed by atoms with Gasteiger partial charge in [0.2, 0.25) is 0 Å². The Labute approximate surface area is 121 Å². The molecule has 1 heterocycles. The monoisotopic (exact) mass is 331 g/mol. The third-order valence-corrected chi connectivity index (χ3v) is 3.57. The first-order valence-corrected chi connectivity index (χ1v) is 7.16. The van der Waals surface area contributed by atoms with Crippen LogP contribution in [0.15, 0.2) is 22.7 Å². The SMILES string of the molecule is CC1(C)CNCC(COCc2ccc(F)c(Br)c2)O1. The summed E-state index contributed by atoms with van der Waals surface area (Å²) in [6, 6.07) is 4.90. The van der Waals surface area contributed by atoms with Crippen molar-refractivity contribution in [1.29, 1.82) is 0 Å². The molecule has 19 heavy (non-hydrogen) atoms. The van der Waals surface area contributed by atoms with Crippen molar-refractivity contribution >= 4 is 15.9 Å². The summed E-state index contributed by atoms with van der Waals surface area (Å²) in [6.07, 6.45) is 0.0626. The van der Waals surface area contributed by atoms with E-state index in [4.69, 9.17) is 9.47 Å². The van der Waals surface area contributed by atoms with Crippen LogP contribution in [0.2, 0.25) is 0 Å². The van der Waals surface area contributed by atoms with E-state index in [-0.39, 0.29) is 17.5 Å². The van der Waals surface area contributed by atoms with Gasteiger partial charge in [-0.2, -0.15) is 0 Å². The lowest BCUT2D eigenvalue weighted by Gasteiger charge is -2.36. The molecule has 106 valence electrons. The van der Waals surface area contributed by atoms with Crippen LogP contribution in [-0.4, -0.2) is 31.4 Å². The minimum absolute atomic E-state index is 0.0626. The third kappa shape index (κ3) is 4.53. The molecular formula is C14H19BrFNO2. The average molecular weight is 332 g/mol. The Morgan fingerprint density at radius 3 is 3.00 bits per heavy atom. The first kappa shape index (κ1) is 14.9. The van der Waals surface area contributed by atoms with Crippen LogP contribution in [0.5, 0.6) is 0 Å². The number of nitrogens with one attached hydrogen (secondary N) is 1. The highest BCUT2D eigenvalue weighted by Crippen LogP contribution is 2.18. The molecule has 1 unspecified atom stereocenters. The molecule has 0 amide bonds. The van der Waals surface area contributed by atoms with Crippen LogP contribution in [0.1, 0.15) is 19.4 Å². The zero-order valence-corrected chi connectivity index (χ0v) is 12.8. The molecule has 0 aliphatic carbocycles. The van der Waals surface area contributed by atoms with Crippen LogP contribution in [0.4, 0.5) is 4.39 Å². The standard InChI is InChI=1S/C14H19BrFNO2/c1-14(2)9-17-6-11(19-14)8-18-7-10-3-4-13(16)12(15)5-10/h3-5,11,17H,6-9H2,1-2H3. The van der Waals surface area contributed by atoms with E-state index in [1.807, 2.05) is 0 Å². The predicted molar refractivity (Wildman–Crippen MR) is 75.6 cm³/mol. The average Bonchev–Trinajstić information content (AvgIpc) is 2.32. The molecule has 1 saturated heterocycles. The molecule has 1 fully saturated rings. The Bertz CT molecular complexity index is 439. The van der Waals surface area contributed by atoms with E-state index in [0.717, 1.165) is 18.7 Å². The van der Waals surface area contributed by atoms with E-state index in [1.54, 1.807) is 12.1 Å². The van der Waals surface area contributed by atoms with Gasteiger partial charge in [0.05, 0.1) is 29.4 Å². The summed E-state index contributed by atoms with van der Waals surface area (Å²) >= 11 is 3.16. The van der Waals surface area contributed by atoms with Gasteiger partial charge in [0.25, 0.3) is 0 Å². The van der Waals surface area contributed by atoms with Crippen molar-refractivity contribution in [3.63, 3.8) is 0 Å². The molecule has 3 nitrogen and oxygen atoms in total. The lowest BCUT2D eigenvalue weighted by Crippen LogP contribution is -2.51. The number of morpholine rings is 1. The zero-order chi connectivity index (χ0) is 13.9. The highest BCUT2D eigenvalue weighted by Gasteiger charge is 2.28. The van der Waals surface area contributed by atoms with Gasteiger partial charge in [-0.05, 0) is 47.5 Å². The lowest BCUT2D eigenvalue weighted by atomic mass is 10.1. The zero-order valence-electron chi connectivity index (χ0n) is 11.2.